The van der Waals surface area contributed by atoms with Gasteiger partial charge in [-0.2, -0.15) is 0 Å². The van der Waals surface area contributed by atoms with Gasteiger partial charge < -0.3 is 0 Å². The average Bonchev–Trinajstić information content (AvgIpc) is 4.10. The minimum absolute atomic E-state index is 0.165. The first-order chi connectivity index (χ1) is 28.3. The fourth-order valence-corrected chi connectivity index (χ4v) is 15.8. The van der Waals surface area contributed by atoms with E-state index in [2.05, 4.69) is 133 Å². The van der Waals surface area contributed by atoms with Gasteiger partial charge in [0, 0.05) is 11.9 Å². The number of benzene rings is 3. The van der Waals surface area contributed by atoms with E-state index < -0.39 is 7.26 Å². The van der Waals surface area contributed by atoms with Crippen LogP contribution < -0.4 is 15.9 Å². The molecule has 3 aromatic carbocycles. The molecule has 2 aromatic heterocycles. The first kappa shape index (κ1) is 39.8. The van der Waals surface area contributed by atoms with E-state index in [4.69, 9.17) is 4.74 Å². The molecule has 5 heterocycles. The number of amides is 2. The van der Waals surface area contributed by atoms with Gasteiger partial charge in [0.25, 0.3) is 0 Å². The van der Waals surface area contributed by atoms with Gasteiger partial charge in [-0.25, -0.2) is 0 Å². The summed E-state index contributed by atoms with van der Waals surface area (Å²) in [5.74, 6) is -0.329. The van der Waals surface area contributed by atoms with Gasteiger partial charge in [-0.3, -0.25) is 0 Å². The quantitative estimate of drug-likeness (QED) is 0.104. The molecule has 1 fully saturated rings. The molecule has 0 aliphatic carbocycles. The van der Waals surface area contributed by atoms with Crippen molar-refractivity contribution in [2.45, 2.75) is 13.8 Å². The molecule has 5 aromatic rings. The first-order valence-electron chi connectivity index (χ1n) is 19.0. The summed E-state index contributed by atoms with van der Waals surface area (Å²) in [4.78, 5) is 35.0. The number of carbonyl (C=O) groups is 2. The summed E-state index contributed by atoms with van der Waals surface area (Å²) in [6, 6.07) is 40.7. The number of nitrogens with zero attached hydrogens (tertiary/aromatic N) is 2. The van der Waals surface area contributed by atoms with Crippen molar-refractivity contribution in [1.29, 1.82) is 0 Å². The third kappa shape index (κ3) is 6.99. The standard InChI is InChI=1S/C49H41N2O3PS2.Os/c1-6-17-40-26-28-42(56-40)46-44-45(49(53)50(46)4)47(51(5)48(44)52)43-29-27-41(57-43)25-24-35(30-36-32-54-31-34(36)7-2)33(3)55(37-18-11-8-12-19-37,38-20-13-9-14-21-38)39-22-15-10-16-23-39;/h6-30H,31-32H2,1-2,4-5H3;/q+1;/b17-6+,25-24+,34-7?,35-33?,36-30?;. The van der Waals surface area contributed by atoms with Crippen molar-refractivity contribution in [2.75, 3.05) is 27.3 Å². The Kier molecular flexibility index (Phi) is 11.7. The predicted octanol–water partition coefficient (Wildman–Crippen LogP) is 9.58. The summed E-state index contributed by atoms with van der Waals surface area (Å²) >= 11 is 4.92. The number of carbonyl (C=O) groups excluding carboxylic acids is 2. The van der Waals surface area contributed by atoms with Gasteiger partial charge in [-0.05, 0) is 25.1 Å². The fourth-order valence-electron chi connectivity index (χ4n) is 7.92. The summed E-state index contributed by atoms with van der Waals surface area (Å²) in [5, 5.41) is 4.87. The van der Waals surface area contributed by atoms with E-state index in [1.165, 1.54) is 21.5 Å². The molecule has 0 unspecified atom stereocenters. The molecule has 0 atom stereocenters. The van der Waals surface area contributed by atoms with E-state index in [1.807, 2.05) is 37.3 Å². The van der Waals surface area contributed by atoms with Gasteiger partial charge in [0.05, 0.1) is 4.88 Å². The van der Waals surface area contributed by atoms with Crippen molar-refractivity contribution in [1.82, 2.24) is 9.80 Å². The molecule has 0 radical (unpaired) electrons. The monoisotopic (exact) mass is 992 g/mol. The molecular weight excluding hydrogens is 950 g/mol. The van der Waals surface area contributed by atoms with Crippen molar-refractivity contribution in [3.8, 4) is 4.37 Å². The van der Waals surface area contributed by atoms with Crippen LogP contribution in [0, 0.1) is 4.37 Å². The molecule has 289 valence electrons. The zero-order valence-corrected chi connectivity index (χ0v) is 37.7. The number of rotatable bonds is 10. The Morgan fingerprint density at radius 1 is 0.672 bits per heavy atom. The zero-order valence-electron chi connectivity index (χ0n) is 32.6. The van der Waals surface area contributed by atoms with Gasteiger partial charge in [0.1, 0.15) is 0 Å². The number of hydrogen-bond donors (Lipinski definition) is 0. The molecule has 9 heteroatoms. The fraction of sp³-hybridized carbons (Fsp3) is 0.122. The van der Waals surface area contributed by atoms with E-state index in [1.54, 1.807) is 64.5 Å². The Morgan fingerprint density at radius 3 is 1.59 bits per heavy atom. The summed E-state index contributed by atoms with van der Waals surface area (Å²) in [7, 11) is 1.04. The average molecular weight is 991 g/mol. The zero-order chi connectivity index (χ0) is 40.4. The van der Waals surface area contributed by atoms with Crippen molar-refractivity contribution in [2.24, 2.45) is 0 Å². The topological polar surface area (TPSA) is 49.9 Å². The van der Waals surface area contributed by atoms with Gasteiger partial charge >= 0.3 is 302 Å². The third-order valence-electron chi connectivity index (χ3n) is 10.6. The summed E-state index contributed by atoms with van der Waals surface area (Å²) in [6.45, 7) is 5.16. The summed E-state index contributed by atoms with van der Waals surface area (Å²) in [6.07, 6.45) is 12.8. The molecule has 0 saturated carbocycles. The van der Waals surface area contributed by atoms with Crippen LogP contribution >= 0.6 is 29.9 Å². The number of fused-ring (bicyclic) bond motifs is 1. The Labute approximate surface area is 358 Å². The van der Waals surface area contributed by atoms with Crippen LogP contribution in [-0.4, -0.2) is 48.9 Å². The SMILES string of the molecule is CC=C1COCC1=CC(/C=C/c1ccc(C2=C3C(=O)N(C)C(c4ccc(/C=C/C)s4)=C3C(=O)N2C)s1)=C([C]#[Os])[P+](c1ccccc1)(c1ccccc1)c1ccccc1. The number of thiophene rings is 2. The van der Waals surface area contributed by atoms with Crippen LogP contribution in [0.4, 0.5) is 0 Å². The number of allylic oxidation sites excluding steroid dienone is 6. The van der Waals surface area contributed by atoms with Crippen LogP contribution in [0.2, 0.25) is 0 Å². The van der Waals surface area contributed by atoms with Crippen LogP contribution in [0.15, 0.2) is 173 Å². The number of likely N-dealkylation sites (N-methyl/N-ethyl adjacent to an activating group) is 2. The number of ether oxygens (including phenoxy) is 1. The van der Waals surface area contributed by atoms with Gasteiger partial charge in [0.2, 0.25) is 0 Å². The first-order valence-corrected chi connectivity index (χ1v) is 23.7. The second-order valence-electron chi connectivity index (χ2n) is 14.0. The minimum atomic E-state index is -2.49. The van der Waals surface area contributed by atoms with E-state index in [0.717, 1.165) is 36.0 Å². The second-order valence-corrected chi connectivity index (χ2v) is 20.2. The Hall–Kier alpha value is -5.01. The van der Waals surface area contributed by atoms with Gasteiger partial charge in [-0.15, -0.1) is 11.3 Å². The van der Waals surface area contributed by atoms with Crippen LogP contribution in [0.1, 0.15) is 33.4 Å². The Morgan fingerprint density at radius 2 is 1.14 bits per heavy atom. The van der Waals surface area contributed by atoms with E-state index >= 15 is 0 Å². The molecule has 3 aliphatic rings. The molecular formula is C49H41N2O3OsPS2+. The molecule has 0 N–H and O–H groups in total. The second kappa shape index (κ2) is 17.1. The summed E-state index contributed by atoms with van der Waals surface area (Å²) in [5.41, 5.74) is 5.66. The van der Waals surface area contributed by atoms with Crippen molar-refractivity contribution in [3.63, 3.8) is 0 Å². The molecule has 2 amide bonds. The normalized spacial score (nSPS) is 17.9. The molecule has 1 saturated heterocycles. The Balaban J connectivity index is 1.30. The Bertz CT molecular complexity index is 2600. The van der Waals surface area contributed by atoms with Gasteiger partial charge in [-0.1, -0.05) is 6.08 Å². The van der Waals surface area contributed by atoms with Crippen LogP contribution in [0.3, 0.4) is 0 Å². The van der Waals surface area contributed by atoms with Crippen molar-refractivity contribution in [3.05, 3.63) is 192 Å². The maximum absolute atomic E-state index is 14.0. The van der Waals surface area contributed by atoms with Crippen LogP contribution in [0.25, 0.3) is 23.5 Å². The van der Waals surface area contributed by atoms with Crippen molar-refractivity contribution >= 4 is 81.2 Å². The van der Waals surface area contributed by atoms with Crippen LogP contribution in [-0.2, 0) is 32.3 Å². The summed E-state index contributed by atoms with van der Waals surface area (Å²) < 4.78 is 9.79. The molecule has 3 aliphatic heterocycles. The molecule has 58 heavy (non-hydrogen) atoms. The van der Waals surface area contributed by atoms with E-state index in [9.17, 15) is 9.59 Å². The molecule has 0 spiro atoms. The maximum atomic E-state index is 14.0. The molecule has 0 bridgehead atoms. The molecule has 5 nitrogen and oxygen atoms in total. The van der Waals surface area contributed by atoms with E-state index in [-0.39, 0.29) is 11.8 Å². The van der Waals surface area contributed by atoms with Crippen LogP contribution in [0.5, 0.6) is 0 Å². The van der Waals surface area contributed by atoms with E-state index in [0.29, 0.717) is 35.8 Å². The third-order valence-corrected chi connectivity index (χ3v) is 18.1. The van der Waals surface area contributed by atoms with Gasteiger partial charge in [0.15, 0.2) is 0 Å². The number of hydrogen-bond acceptors (Lipinski definition) is 5. The predicted molar refractivity (Wildman–Crippen MR) is 240 cm³/mol. The van der Waals surface area contributed by atoms with Crippen molar-refractivity contribution < 1.29 is 32.3 Å². The molecule has 8 rings (SSSR count).